The highest BCUT2D eigenvalue weighted by molar-refractivity contribution is 5.91. The van der Waals surface area contributed by atoms with Gasteiger partial charge in [0.2, 0.25) is 5.76 Å². The minimum Gasteiger partial charge on any atom is -0.494 e. The van der Waals surface area contributed by atoms with E-state index in [9.17, 15) is 9.59 Å². The van der Waals surface area contributed by atoms with Gasteiger partial charge in [-0.2, -0.15) is 0 Å². The smallest absolute Gasteiger partial charge is 0.305 e. The highest BCUT2D eigenvalue weighted by atomic mass is 16.6. The maximum atomic E-state index is 11.6. The Bertz CT molecular complexity index is 286. The normalized spacial score (nSPS) is 14.6. The highest BCUT2D eigenvalue weighted by Gasteiger charge is 2.19. The molecule has 1 aliphatic rings. The third kappa shape index (κ3) is 3.49. The van der Waals surface area contributed by atoms with Crippen LogP contribution < -0.4 is 0 Å². The average Bonchev–Trinajstić information content (AvgIpc) is 2.26. The summed E-state index contributed by atoms with van der Waals surface area (Å²) in [5, 5.41) is 8.45. The quantitative estimate of drug-likeness (QED) is 0.703. The van der Waals surface area contributed by atoms with Crippen molar-refractivity contribution in [3.05, 3.63) is 12.0 Å². The van der Waals surface area contributed by atoms with Crippen molar-refractivity contribution in [1.29, 1.82) is 0 Å². The van der Waals surface area contributed by atoms with E-state index >= 15 is 0 Å². The highest BCUT2D eigenvalue weighted by Crippen LogP contribution is 2.07. The lowest BCUT2D eigenvalue weighted by molar-refractivity contribution is -0.138. The zero-order valence-electron chi connectivity index (χ0n) is 8.43. The molecule has 1 N–H and O–H groups in total. The summed E-state index contributed by atoms with van der Waals surface area (Å²) in [6.45, 7) is 0.912. The summed E-state index contributed by atoms with van der Waals surface area (Å²) in [7, 11) is 1.52. The van der Waals surface area contributed by atoms with E-state index in [-0.39, 0.29) is 24.6 Å². The molecule has 0 aromatic heterocycles. The van der Waals surface area contributed by atoms with Crippen LogP contribution in [0.4, 0.5) is 0 Å². The Morgan fingerprint density at radius 2 is 2.27 bits per heavy atom. The second-order valence-electron chi connectivity index (χ2n) is 3.07. The Labute approximate surface area is 87.1 Å². The van der Waals surface area contributed by atoms with E-state index in [1.165, 1.54) is 18.2 Å². The van der Waals surface area contributed by atoms with Gasteiger partial charge in [0.1, 0.15) is 19.5 Å². The van der Waals surface area contributed by atoms with Gasteiger partial charge in [-0.1, -0.05) is 0 Å². The van der Waals surface area contributed by atoms with E-state index in [1.807, 2.05) is 0 Å². The number of likely N-dealkylation sites (N-methyl/N-ethyl adjacent to an activating group) is 1. The standard InChI is InChI=1S/C9H13NO5/c1-10(3-2-8(11)12)9(13)7-6-14-4-5-15-7/h6H,2-5H2,1H3,(H,11,12). The van der Waals surface area contributed by atoms with Crippen LogP contribution in [0, 0.1) is 0 Å². The van der Waals surface area contributed by atoms with Gasteiger partial charge in [-0.15, -0.1) is 0 Å². The lowest BCUT2D eigenvalue weighted by Crippen LogP contribution is -2.32. The Hall–Kier alpha value is -1.72. The van der Waals surface area contributed by atoms with Gasteiger partial charge in [0.15, 0.2) is 0 Å². The van der Waals surface area contributed by atoms with Crippen molar-refractivity contribution < 1.29 is 24.2 Å². The summed E-state index contributed by atoms with van der Waals surface area (Å²) in [6, 6.07) is 0. The first-order chi connectivity index (χ1) is 7.11. The van der Waals surface area contributed by atoms with Gasteiger partial charge in [-0.3, -0.25) is 9.59 Å². The zero-order chi connectivity index (χ0) is 11.3. The fraction of sp³-hybridized carbons (Fsp3) is 0.556. The summed E-state index contributed by atoms with van der Waals surface area (Å²) < 4.78 is 9.99. The molecule has 0 spiro atoms. The molecule has 15 heavy (non-hydrogen) atoms. The average molecular weight is 215 g/mol. The molecule has 1 aliphatic heterocycles. The number of hydrogen-bond donors (Lipinski definition) is 1. The van der Waals surface area contributed by atoms with Crippen molar-refractivity contribution in [1.82, 2.24) is 4.90 Å². The first-order valence-electron chi connectivity index (χ1n) is 4.53. The fourth-order valence-corrected chi connectivity index (χ4v) is 1.03. The van der Waals surface area contributed by atoms with Crippen LogP contribution in [0.1, 0.15) is 6.42 Å². The molecule has 0 atom stereocenters. The molecule has 1 heterocycles. The number of carboxylic acids is 1. The minimum absolute atomic E-state index is 0.0869. The first-order valence-corrected chi connectivity index (χ1v) is 4.53. The van der Waals surface area contributed by atoms with Crippen LogP contribution in [0.5, 0.6) is 0 Å². The third-order valence-corrected chi connectivity index (χ3v) is 1.87. The monoisotopic (exact) mass is 215 g/mol. The van der Waals surface area contributed by atoms with E-state index in [0.717, 1.165) is 0 Å². The van der Waals surface area contributed by atoms with Crippen LogP contribution in [0.25, 0.3) is 0 Å². The van der Waals surface area contributed by atoms with Crippen molar-refractivity contribution in [3.8, 4) is 0 Å². The molecule has 1 rings (SSSR count). The maximum Gasteiger partial charge on any atom is 0.305 e. The zero-order valence-corrected chi connectivity index (χ0v) is 8.43. The lowest BCUT2D eigenvalue weighted by atomic mass is 10.3. The van der Waals surface area contributed by atoms with Crippen molar-refractivity contribution in [2.24, 2.45) is 0 Å². The van der Waals surface area contributed by atoms with E-state index in [4.69, 9.17) is 14.6 Å². The summed E-state index contributed by atoms with van der Waals surface area (Å²) in [6.07, 6.45) is 1.17. The predicted octanol–water partition coefficient (Wildman–Crippen LogP) is -0.192. The van der Waals surface area contributed by atoms with Crippen LogP contribution >= 0.6 is 0 Å². The Balaban J connectivity index is 2.44. The SMILES string of the molecule is CN(CCC(=O)O)C(=O)C1=COCCO1. The van der Waals surface area contributed by atoms with Gasteiger partial charge >= 0.3 is 5.97 Å². The number of carbonyl (C=O) groups excluding carboxylic acids is 1. The molecular weight excluding hydrogens is 202 g/mol. The molecule has 0 aromatic carbocycles. The van der Waals surface area contributed by atoms with Crippen molar-refractivity contribution in [3.63, 3.8) is 0 Å². The summed E-state index contributed by atoms with van der Waals surface area (Å²) >= 11 is 0. The Morgan fingerprint density at radius 1 is 1.53 bits per heavy atom. The number of aliphatic carboxylic acids is 1. The van der Waals surface area contributed by atoms with Gasteiger partial charge < -0.3 is 19.5 Å². The largest absolute Gasteiger partial charge is 0.494 e. The fourth-order valence-electron chi connectivity index (χ4n) is 1.03. The molecule has 0 saturated carbocycles. The molecule has 0 saturated heterocycles. The molecular formula is C9H13NO5. The maximum absolute atomic E-state index is 11.6. The molecule has 0 bridgehead atoms. The summed E-state index contributed by atoms with van der Waals surface area (Å²) in [4.78, 5) is 23.2. The van der Waals surface area contributed by atoms with E-state index in [1.54, 1.807) is 0 Å². The number of hydrogen-bond acceptors (Lipinski definition) is 4. The van der Waals surface area contributed by atoms with Crippen LogP contribution in [-0.2, 0) is 19.1 Å². The number of carbonyl (C=O) groups is 2. The Kier molecular flexibility index (Phi) is 3.96. The summed E-state index contributed by atoms with van der Waals surface area (Å²) in [5.41, 5.74) is 0. The van der Waals surface area contributed by atoms with Gasteiger partial charge in [-0.25, -0.2) is 0 Å². The predicted molar refractivity (Wildman–Crippen MR) is 49.9 cm³/mol. The number of rotatable bonds is 4. The van der Waals surface area contributed by atoms with Crippen LogP contribution in [0.15, 0.2) is 12.0 Å². The van der Waals surface area contributed by atoms with E-state index in [0.29, 0.717) is 13.2 Å². The van der Waals surface area contributed by atoms with Crippen molar-refractivity contribution in [2.75, 3.05) is 26.8 Å². The number of nitrogens with zero attached hydrogens (tertiary/aromatic N) is 1. The molecule has 1 amide bonds. The van der Waals surface area contributed by atoms with Crippen LogP contribution in [-0.4, -0.2) is 48.7 Å². The first kappa shape index (κ1) is 11.4. The van der Waals surface area contributed by atoms with Crippen LogP contribution in [0.3, 0.4) is 0 Å². The second kappa shape index (κ2) is 5.23. The van der Waals surface area contributed by atoms with Gasteiger partial charge in [0, 0.05) is 13.6 Å². The Morgan fingerprint density at radius 3 is 2.80 bits per heavy atom. The summed E-state index contributed by atoms with van der Waals surface area (Å²) in [5.74, 6) is -1.19. The molecule has 84 valence electrons. The van der Waals surface area contributed by atoms with Crippen molar-refractivity contribution in [2.45, 2.75) is 6.42 Å². The number of amides is 1. The number of ether oxygens (including phenoxy) is 2. The van der Waals surface area contributed by atoms with Gasteiger partial charge in [0.05, 0.1) is 6.42 Å². The molecule has 0 unspecified atom stereocenters. The molecule has 6 heteroatoms. The lowest BCUT2D eigenvalue weighted by Gasteiger charge is -2.20. The second-order valence-corrected chi connectivity index (χ2v) is 3.07. The van der Waals surface area contributed by atoms with E-state index < -0.39 is 5.97 Å². The minimum atomic E-state index is -0.940. The van der Waals surface area contributed by atoms with Crippen LogP contribution in [0.2, 0.25) is 0 Å². The molecule has 0 radical (unpaired) electrons. The van der Waals surface area contributed by atoms with Gasteiger partial charge in [-0.05, 0) is 0 Å². The molecule has 6 nitrogen and oxygen atoms in total. The van der Waals surface area contributed by atoms with E-state index in [2.05, 4.69) is 0 Å². The topological polar surface area (TPSA) is 76.1 Å². The third-order valence-electron chi connectivity index (χ3n) is 1.87. The van der Waals surface area contributed by atoms with Crippen molar-refractivity contribution >= 4 is 11.9 Å². The number of carboxylic acid groups (broad SMARTS) is 1. The molecule has 0 aliphatic carbocycles. The van der Waals surface area contributed by atoms with Gasteiger partial charge in [0.25, 0.3) is 5.91 Å². The molecule has 0 aromatic rings. The molecule has 0 fully saturated rings.